The first-order valence-electron chi connectivity index (χ1n) is 33.0. The van der Waals surface area contributed by atoms with Crippen LogP contribution in [0.5, 0.6) is 34.5 Å². The summed E-state index contributed by atoms with van der Waals surface area (Å²) in [6.07, 6.45) is 6.92. The number of hydrogen-bond acceptors (Lipinski definition) is 22. The molecule has 6 aliphatic heterocycles. The van der Waals surface area contributed by atoms with E-state index >= 15 is 0 Å². The Bertz CT molecular complexity index is 4290. The highest BCUT2D eigenvalue weighted by Gasteiger charge is 2.49. The van der Waals surface area contributed by atoms with E-state index < -0.39 is 55.1 Å². The molecule has 10 heterocycles. The summed E-state index contributed by atoms with van der Waals surface area (Å²) >= 11 is 4.75. The van der Waals surface area contributed by atoms with Crippen LogP contribution in [0.3, 0.4) is 0 Å². The van der Waals surface area contributed by atoms with Crippen LogP contribution in [-0.2, 0) is 41.6 Å². The van der Waals surface area contributed by atoms with Crippen LogP contribution in [0.25, 0.3) is 16.7 Å². The number of methoxy groups -OCH3 is 6. The summed E-state index contributed by atoms with van der Waals surface area (Å²) in [5.41, 5.74) is 8.60. The summed E-state index contributed by atoms with van der Waals surface area (Å²) in [5.74, 6) is -0.0274. The monoisotopic (exact) mass is 1470 g/mol. The molecule has 1 N–H and O–H groups in total. The van der Waals surface area contributed by atoms with Gasteiger partial charge in [-0.15, -0.1) is 0 Å². The predicted molar refractivity (Wildman–Crippen MR) is 393 cm³/mol. The Morgan fingerprint density at radius 2 is 0.817 bits per heavy atom. The Balaban J connectivity index is 0.000000264. The fourth-order valence-corrected chi connectivity index (χ4v) is 15.7. The molecule has 542 valence electrons. The summed E-state index contributed by atoms with van der Waals surface area (Å²) in [7, 11) is 8.81. The number of ether oxygens (including phenoxy) is 11. The van der Waals surface area contributed by atoms with Crippen molar-refractivity contribution < 1.29 is 86.0 Å². The summed E-state index contributed by atoms with van der Waals surface area (Å²) < 4.78 is 64.0. The summed E-state index contributed by atoms with van der Waals surface area (Å²) in [6, 6.07) is 18.9. The second-order valence-corrected chi connectivity index (χ2v) is 26.6. The van der Waals surface area contributed by atoms with E-state index in [-0.39, 0.29) is 119 Å². The molecule has 28 heteroatoms. The highest BCUT2D eigenvalue weighted by Crippen LogP contribution is 2.47. The second kappa shape index (κ2) is 32.7. The van der Waals surface area contributed by atoms with Crippen molar-refractivity contribution in [3.8, 4) is 34.5 Å². The minimum atomic E-state index is -0.937. The number of anilines is 3. The van der Waals surface area contributed by atoms with Gasteiger partial charge in [0.15, 0.2) is 53.2 Å². The maximum absolute atomic E-state index is 14.5. The number of nitrogens with zero attached hydrogens (tertiary/aromatic N) is 7. The Morgan fingerprint density at radius 3 is 1.12 bits per heavy atom. The molecule has 6 atom stereocenters. The molecule has 104 heavy (non-hydrogen) atoms. The maximum Gasteiger partial charge on any atom is 0.416 e. The third-order valence-electron chi connectivity index (χ3n) is 18.5. The van der Waals surface area contributed by atoms with Crippen molar-refractivity contribution in [2.75, 3.05) is 96.8 Å². The fourth-order valence-electron chi connectivity index (χ4n) is 13.7. The van der Waals surface area contributed by atoms with E-state index in [4.69, 9.17) is 57.1 Å². The van der Waals surface area contributed by atoms with Crippen LogP contribution in [0.2, 0.25) is 0 Å². The van der Waals surface area contributed by atoms with Crippen molar-refractivity contribution in [2.45, 2.75) is 69.3 Å². The number of carbonyl (C=O) groups excluding carboxylic acids is 6. The average molecular weight is 1470 g/mol. The van der Waals surface area contributed by atoms with Gasteiger partial charge >= 0.3 is 18.3 Å². The van der Waals surface area contributed by atoms with Crippen molar-refractivity contribution in [1.29, 1.82) is 0 Å². The number of amides is 6. The number of aromatic hydroxyl groups is 1. The van der Waals surface area contributed by atoms with Crippen molar-refractivity contribution in [1.82, 2.24) is 19.7 Å². The number of fused-ring (bicyclic) bond motifs is 6. The first-order valence-corrected chi connectivity index (χ1v) is 35.9. The van der Waals surface area contributed by atoms with E-state index in [0.717, 1.165) is 33.4 Å². The third-order valence-corrected chi connectivity index (χ3v) is 20.6. The standard InChI is InChI=1S/C53H53N5O12S2.C23H24N2O6S/c1-7-18-67-52(61)57-40-26-46(44(63-3)24-38(40)48(59)55-16-12-32(34-14-20-71-30-34)22-42(55)50(57)65-5)69-28-36-10-9-11-37(54-36)29-70-47-27-41-39(25-45(47)64-4)49(60)56-17-13-33(35-15-21-72-31-35)23-43(56)51(66-6)58(41)53(62)68-19-8-2;1-4-8-31-23(28)25-17-12-19(26)20(29-2)11-16(17)21(27)24-7-5-14(15-6-9-32-13-15)10-18(24)22(25)30-3/h7-15,20-21,24-27,30-31,42-43,50-51H,1-2,16-19,22-23,28-29H2,3-6H3;4-6,9,11-13,18,22,26H,1,7-8,10H2,2-3H3/t42-,43-,50?,51?;18-,22?/m00/s1. The molecule has 7 aromatic rings. The van der Waals surface area contributed by atoms with Crippen molar-refractivity contribution in [3.63, 3.8) is 0 Å². The summed E-state index contributed by atoms with van der Waals surface area (Å²) in [5, 5.41) is 22.6. The number of pyridine rings is 1. The molecule has 3 aromatic carbocycles. The van der Waals surface area contributed by atoms with Gasteiger partial charge in [0.1, 0.15) is 33.0 Å². The molecular formula is C76H77N7O18S3. The fraction of sp³-hybridized carbons (Fsp3) is 0.303. The number of thiophene rings is 3. The van der Waals surface area contributed by atoms with E-state index in [2.05, 4.69) is 35.9 Å². The largest absolute Gasteiger partial charge is 0.504 e. The van der Waals surface area contributed by atoms with E-state index in [9.17, 15) is 33.9 Å². The molecule has 4 aromatic heterocycles. The molecule has 0 fully saturated rings. The van der Waals surface area contributed by atoms with Gasteiger partial charge in [-0.25, -0.2) is 29.1 Å². The van der Waals surface area contributed by atoms with Crippen LogP contribution in [0.15, 0.2) is 161 Å². The normalized spacial score (nSPS) is 19.5. The Labute approximate surface area is 612 Å². The van der Waals surface area contributed by atoms with Crippen LogP contribution in [0.1, 0.15) is 78.4 Å². The van der Waals surface area contributed by atoms with Crippen LogP contribution in [-0.4, -0.2) is 180 Å². The predicted octanol–water partition coefficient (Wildman–Crippen LogP) is 13.1. The van der Waals surface area contributed by atoms with Crippen molar-refractivity contribution >= 4 is 104 Å². The molecule has 0 radical (unpaired) electrons. The topological polar surface area (TPSA) is 257 Å². The number of carbonyl (C=O) groups is 6. The lowest BCUT2D eigenvalue weighted by Gasteiger charge is -2.40. The minimum Gasteiger partial charge on any atom is -0.504 e. The van der Waals surface area contributed by atoms with Crippen LogP contribution in [0, 0.1) is 0 Å². The molecule has 25 nitrogen and oxygen atoms in total. The molecule has 6 aliphatic rings. The summed E-state index contributed by atoms with van der Waals surface area (Å²) in [4.78, 5) is 97.6. The molecule has 13 rings (SSSR count). The quantitative estimate of drug-likeness (QED) is 0.0518. The van der Waals surface area contributed by atoms with Gasteiger partial charge in [0.05, 0.1) is 84.6 Å². The third kappa shape index (κ3) is 14.6. The number of benzene rings is 3. The zero-order valence-electron chi connectivity index (χ0n) is 58.0. The van der Waals surface area contributed by atoms with Crippen LogP contribution in [0.4, 0.5) is 31.4 Å². The van der Waals surface area contributed by atoms with Gasteiger partial charge in [0.2, 0.25) is 0 Å². The van der Waals surface area contributed by atoms with Gasteiger partial charge in [-0.05, 0) is 133 Å². The van der Waals surface area contributed by atoms with Gasteiger partial charge in [-0.1, -0.05) is 62.3 Å². The molecule has 0 aliphatic carbocycles. The van der Waals surface area contributed by atoms with Crippen LogP contribution >= 0.6 is 34.0 Å². The number of hydrogen-bond donors (Lipinski definition) is 1. The second-order valence-electron chi connectivity index (χ2n) is 24.3. The van der Waals surface area contributed by atoms with Crippen LogP contribution < -0.4 is 38.4 Å². The van der Waals surface area contributed by atoms with E-state index in [1.165, 1.54) is 87.7 Å². The highest BCUT2D eigenvalue weighted by molar-refractivity contribution is 7.08. The lowest BCUT2D eigenvalue weighted by molar-refractivity contribution is 0.0175. The maximum atomic E-state index is 14.5. The number of aromatic nitrogens is 1. The minimum absolute atomic E-state index is 0.00831. The Morgan fingerprint density at radius 1 is 0.481 bits per heavy atom. The molecule has 3 unspecified atom stereocenters. The smallest absolute Gasteiger partial charge is 0.416 e. The molecule has 0 bridgehead atoms. The Hall–Kier alpha value is -10.8. The van der Waals surface area contributed by atoms with Gasteiger partial charge in [0.25, 0.3) is 17.7 Å². The molecule has 0 spiro atoms. The molecule has 0 saturated carbocycles. The highest BCUT2D eigenvalue weighted by atomic mass is 32.1. The van der Waals surface area contributed by atoms with Gasteiger partial charge in [0, 0.05) is 59.2 Å². The van der Waals surface area contributed by atoms with E-state index in [0.29, 0.717) is 50.3 Å². The molecule has 0 saturated heterocycles. The van der Waals surface area contributed by atoms with Crippen molar-refractivity contribution in [3.05, 3.63) is 206 Å². The van der Waals surface area contributed by atoms with Gasteiger partial charge < -0.3 is 71.9 Å². The molecule has 6 amide bonds. The first-order chi connectivity index (χ1) is 50.6. The van der Waals surface area contributed by atoms with Gasteiger partial charge in [-0.2, -0.15) is 34.0 Å². The van der Waals surface area contributed by atoms with E-state index in [1.807, 2.05) is 52.6 Å². The lowest BCUT2D eigenvalue weighted by Crippen LogP contribution is -2.55. The average Bonchev–Trinajstić information content (AvgIpc) is 1.60. The number of phenolic OH excluding ortho intramolecular Hbond substituents is 1. The first kappa shape index (κ1) is 73.0. The zero-order valence-corrected chi connectivity index (χ0v) is 60.4. The summed E-state index contributed by atoms with van der Waals surface area (Å²) in [6.45, 7) is 11.7. The Kier molecular flexibility index (Phi) is 23.0. The number of phenols is 1. The lowest BCUT2D eigenvalue weighted by atomic mass is 9.94. The zero-order chi connectivity index (χ0) is 73.3. The number of rotatable bonds is 21. The SMILES string of the molecule is C=CCOC(=O)N1c2cc(O)c(OC)cc2C(=O)N2CC=C(c3ccsc3)C[C@H]2C1OC.C=CCOC(=O)N1c2cc(OCc3cccc(COc4cc5c(cc4OC)C(=O)N4CC=C(c6ccsc6)C[C@H]4C(OC)N5C(=O)OCC=C)n3)c(OC)cc2C(=O)N2CC=C(c3ccsc3)C[C@H]2C1OC. The molecular weight excluding hydrogens is 1400 g/mol. The van der Waals surface area contributed by atoms with Crippen molar-refractivity contribution in [2.24, 2.45) is 0 Å². The van der Waals surface area contributed by atoms with Gasteiger partial charge in [-0.3, -0.25) is 19.4 Å². The van der Waals surface area contributed by atoms with E-state index in [1.54, 1.807) is 91.2 Å².